The number of anilines is 1. The molecular formula is C12H10BrF3N2O. The standard InChI is InChI=1S/C12H10BrF3N2O/c1-11(2,6-17)10(19)18-9-4-7(12(14,15)16)3-8(13)5-9/h3-5H,1-2H3,(H,18,19). The topological polar surface area (TPSA) is 52.9 Å². The molecule has 3 nitrogen and oxygen atoms in total. The lowest BCUT2D eigenvalue weighted by Crippen LogP contribution is -2.29. The van der Waals surface area contributed by atoms with Gasteiger partial charge in [-0.15, -0.1) is 0 Å². The number of carbonyl (C=O) groups excluding carboxylic acids is 1. The number of halogens is 4. The maximum atomic E-state index is 12.6. The van der Waals surface area contributed by atoms with E-state index in [0.717, 1.165) is 12.1 Å². The van der Waals surface area contributed by atoms with Crippen molar-refractivity contribution in [2.45, 2.75) is 20.0 Å². The fourth-order valence-corrected chi connectivity index (χ4v) is 1.66. The molecule has 1 aromatic carbocycles. The highest BCUT2D eigenvalue weighted by Gasteiger charge is 2.32. The number of hydrogen-bond donors (Lipinski definition) is 1. The van der Waals surface area contributed by atoms with Gasteiger partial charge >= 0.3 is 6.18 Å². The van der Waals surface area contributed by atoms with Gasteiger partial charge in [-0.1, -0.05) is 15.9 Å². The second-order valence-electron chi connectivity index (χ2n) is 4.42. The van der Waals surface area contributed by atoms with Crippen LogP contribution in [0.2, 0.25) is 0 Å². The van der Waals surface area contributed by atoms with Crippen LogP contribution in [0.15, 0.2) is 22.7 Å². The number of carbonyl (C=O) groups is 1. The van der Waals surface area contributed by atoms with Gasteiger partial charge in [-0.05, 0) is 32.0 Å². The summed E-state index contributed by atoms with van der Waals surface area (Å²) in [5.74, 6) is -0.666. The number of nitrogens with one attached hydrogen (secondary N) is 1. The Morgan fingerprint density at radius 1 is 1.32 bits per heavy atom. The Kier molecular flexibility index (Phi) is 4.25. The van der Waals surface area contributed by atoms with Crippen LogP contribution in [-0.4, -0.2) is 5.91 Å². The third kappa shape index (κ3) is 3.96. The summed E-state index contributed by atoms with van der Waals surface area (Å²) in [5, 5.41) is 11.1. The van der Waals surface area contributed by atoms with E-state index in [1.807, 2.05) is 0 Å². The largest absolute Gasteiger partial charge is 0.416 e. The number of amides is 1. The Bertz CT molecular complexity index is 547. The molecule has 19 heavy (non-hydrogen) atoms. The minimum absolute atomic E-state index is 0.0185. The van der Waals surface area contributed by atoms with Crippen molar-refractivity contribution < 1.29 is 18.0 Å². The molecule has 1 amide bonds. The van der Waals surface area contributed by atoms with E-state index < -0.39 is 23.1 Å². The van der Waals surface area contributed by atoms with Crippen molar-refractivity contribution >= 4 is 27.5 Å². The molecule has 0 atom stereocenters. The number of nitrogens with zero attached hydrogens (tertiary/aromatic N) is 1. The molecule has 0 saturated carbocycles. The molecule has 0 aliphatic carbocycles. The summed E-state index contributed by atoms with van der Waals surface area (Å²) in [6.45, 7) is 2.76. The van der Waals surface area contributed by atoms with Crippen LogP contribution in [0.3, 0.4) is 0 Å². The maximum absolute atomic E-state index is 12.6. The van der Waals surface area contributed by atoms with Crippen molar-refractivity contribution in [3.63, 3.8) is 0 Å². The van der Waals surface area contributed by atoms with E-state index in [4.69, 9.17) is 5.26 Å². The van der Waals surface area contributed by atoms with E-state index in [-0.39, 0.29) is 10.2 Å². The number of alkyl halides is 3. The van der Waals surface area contributed by atoms with Gasteiger partial charge in [0.05, 0.1) is 11.6 Å². The molecular weight excluding hydrogens is 325 g/mol. The molecule has 0 aliphatic heterocycles. The van der Waals surface area contributed by atoms with Crippen molar-refractivity contribution in [2.75, 3.05) is 5.32 Å². The summed E-state index contributed by atoms with van der Waals surface area (Å²) >= 11 is 2.95. The molecule has 0 heterocycles. The first-order valence-electron chi connectivity index (χ1n) is 5.17. The quantitative estimate of drug-likeness (QED) is 0.890. The average molecular weight is 335 g/mol. The maximum Gasteiger partial charge on any atom is 0.416 e. The molecule has 1 N–H and O–H groups in total. The van der Waals surface area contributed by atoms with Gasteiger partial charge in [-0.25, -0.2) is 0 Å². The van der Waals surface area contributed by atoms with Crippen LogP contribution in [0.5, 0.6) is 0 Å². The fraction of sp³-hybridized carbons (Fsp3) is 0.333. The highest BCUT2D eigenvalue weighted by Crippen LogP contribution is 2.33. The zero-order chi connectivity index (χ0) is 14.8. The normalized spacial score (nSPS) is 11.8. The number of rotatable bonds is 2. The van der Waals surface area contributed by atoms with Gasteiger partial charge in [-0.3, -0.25) is 4.79 Å². The van der Waals surface area contributed by atoms with Crippen molar-refractivity contribution in [1.29, 1.82) is 5.26 Å². The third-order valence-corrected chi connectivity index (χ3v) is 2.79. The van der Waals surface area contributed by atoms with Crippen LogP contribution >= 0.6 is 15.9 Å². The summed E-state index contributed by atoms with van der Waals surface area (Å²) in [6.07, 6.45) is -4.51. The van der Waals surface area contributed by atoms with Crippen LogP contribution in [0.4, 0.5) is 18.9 Å². The predicted molar refractivity (Wildman–Crippen MR) is 67.2 cm³/mol. The number of hydrogen-bond acceptors (Lipinski definition) is 2. The van der Waals surface area contributed by atoms with Gasteiger partial charge in [0.1, 0.15) is 5.41 Å². The summed E-state index contributed by atoms with van der Waals surface area (Å²) in [4.78, 5) is 11.7. The highest BCUT2D eigenvalue weighted by atomic mass is 79.9. The van der Waals surface area contributed by atoms with Crippen molar-refractivity contribution in [1.82, 2.24) is 0 Å². The van der Waals surface area contributed by atoms with Crippen LogP contribution in [0, 0.1) is 16.7 Å². The van der Waals surface area contributed by atoms with E-state index in [2.05, 4.69) is 21.2 Å². The highest BCUT2D eigenvalue weighted by molar-refractivity contribution is 9.10. The Labute approximate surface area is 116 Å². The summed E-state index contributed by atoms with van der Waals surface area (Å²) in [5.41, 5.74) is -2.22. The zero-order valence-electron chi connectivity index (χ0n) is 10.1. The first-order chi connectivity index (χ1) is 8.56. The van der Waals surface area contributed by atoms with Crippen molar-refractivity contribution in [3.8, 4) is 6.07 Å². The minimum Gasteiger partial charge on any atom is -0.325 e. The zero-order valence-corrected chi connectivity index (χ0v) is 11.7. The minimum atomic E-state index is -4.51. The molecule has 102 valence electrons. The van der Waals surface area contributed by atoms with Crippen LogP contribution in [0.25, 0.3) is 0 Å². The lowest BCUT2D eigenvalue weighted by Gasteiger charge is -2.16. The van der Waals surface area contributed by atoms with E-state index in [1.54, 1.807) is 6.07 Å². The monoisotopic (exact) mass is 334 g/mol. The Morgan fingerprint density at radius 2 is 1.89 bits per heavy atom. The van der Waals surface area contributed by atoms with Crippen LogP contribution in [-0.2, 0) is 11.0 Å². The molecule has 1 rings (SSSR count). The van der Waals surface area contributed by atoms with Crippen molar-refractivity contribution in [3.05, 3.63) is 28.2 Å². The second-order valence-corrected chi connectivity index (χ2v) is 5.33. The lowest BCUT2D eigenvalue weighted by atomic mass is 9.94. The van der Waals surface area contributed by atoms with E-state index in [0.29, 0.717) is 0 Å². The van der Waals surface area contributed by atoms with Gasteiger partial charge in [0.2, 0.25) is 5.91 Å². The van der Waals surface area contributed by atoms with Gasteiger partial charge in [0.25, 0.3) is 0 Å². The molecule has 0 unspecified atom stereocenters. The molecule has 1 aromatic rings. The van der Waals surface area contributed by atoms with E-state index in [9.17, 15) is 18.0 Å². The molecule has 0 fully saturated rings. The third-order valence-electron chi connectivity index (χ3n) is 2.33. The van der Waals surface area contributed by atoms with Crippen LogP contribution < -0.4 is 5.32 Å². The molecule has 0 aromatic heterocycles. The van der Waals surface area contributed by atoms with E-state index >= 15 is 0 Å². The summed E-state index contributed by atoms with van der Waals surface area (Å²) < 4.78 is 38.0. The first-order valence-corrected chi connectivity index (χ1v) is 5.96. The second kappa shape index (κ2) is 5.21. The number of nitriles is 1. The van der Waals surface area contributed by atoms with Gasteiger partial charge in [0.15, 0.2) is 0 Å². The predicted octanol–water partition coefficient (Wildman–Crippen LogP) is 3.96. The Hall–Kier alpha value is -1.55. The Morgan fingerprint density at radius 3 is 2.37 bits per heavy atom. The van der Waals surface area contributed by atoms with Gasteiger partial charge in [0, 0.05) is 10.2 Å². The average Bonchev–Trinajstić information content (AvgIpc) is 2.27. The summed E-state index contributed by atoms with van der Waals surface area (Å²) in [6, 6.07) is 4.83. The van der Waals surface area contributed by atoms with Gasteiger partial charge in [-0.2, -0.15) is 18.4 Å². The number of benzene rings is 1. The first kappa shape index (κ1) is 15.5. The fourth-order valence-electron chi connectivity index (χ4n) is 1.16. The molecule has 0 radical (unpaired) electrons. The van der Waals surface area contributed by atoms with Crippen LogP contribution in [0.1, 0.15) is 19.4 Å². The van der Waals surface area contributed by atoms with Crippen molar-refractivity contribution in [2.24, 2.45) is 5.41 Å². The van der Waals surface area contributed by atoms with E-state index in [1.165, 1.54) is 19.9 Å². The SMILES string of the molecule is CC(C)(C#N)C(=O)Nc1cc(Br)cc(C(F)(F)F)c1. The molecule has 0 bridgehead atoms. The molecule has 7 heteroatoms. The Balaban J connectivity index is 3.08. The lowest BCUT2D eigenvalue weighted by molar-refractivity contribution is -0.137. The molecule has 0 aliphatic rings. The van der Waals surface area contributed by atoms with Gasteiger partial charge < -0.3 is 5.32 Å². The summed E-state index contributed by atoms with van der Waals surface area (Å²) in [7, 11) is 0. The molecule has 0 spiro atoms. The molecule has 0 saturated heterocycles. The smallest absolute Gasteiger partial charge is 0.325 e.